The Bertz CT molecular complexity index is 906. The largest absolute Gasteiger partial charge is 0.329 e. The molecule has 7 heteroatoms. The number of aromatic nitrogens is 2. The van der Waals surface area contributed by atoms with Gasteiger partial charge in [-0.3, -0.25) is 28.8 Å². The second kappa shape index (κ2) is 6.07. The molecule has 0 spiro atoms. The maximum Gasteiger partial charge on any atom is 0.329 e. The molecule has 126 valence electrons. The van der Waals surface area contributed by atoms with E-state index in [1.165, 1.54) is 9.13 Å². The zero-order chi connectivity index (χ0) is 17.4. The molecule has 1 aliphatic rings. The number of hydrogen-bond donors (Lipinski definition) is 1. The molecule has 2 heterocycles. The number of para-hydroxylation sites is 1. The predicted octanol–water partition coefficient (Wildman–Crippen LogP) is 0.839. The summed E-state index contributed by atoms with van der Waals surface area (Å²) in [6.07, 6.45) is 1.17. The Morgan fingerprint density at radius 1 is 1.29 bits per heavy atom. The molecule has 0 saturated carbocycles. The predicted molar refractivity (Wildman–Crippen MR) is 87.6 cm³/mol. The summed E-state index contributed by atoms with van der Waals surface area (Å²) < 4.78 is 2.90. The number of hydrogen-bond acceptors (Lipinski definition) is 4. The Labute approximate surface area is 138 Å². The van der Waals surface area contributed by atoms with Gasteiger partial charge in [0, 0.05) is 26.3 Å². The molecular formula is C17H19N3O4. The third kappa shape index (κ3) is 2.55. The number of carbonyl (C=O) groups excluding carboxylic acids is 3. The topological polar surface area (TPSA) is 90.2 Å². The third-order valence-electron chi connectivity index (χ3n) is 4.49. The van der Waals surface area contributed by atoms with E-state index in [-0.39, 0.29) is 30.2 Å². The molecule has 3 rings (SSSR count). The molecule has 24 heavy (non-hydrogen) atoms. The van der Waals surface area contributed by atoms with Gasteiger partial charge in [0.05, 0.1) is 11.0 Å². The van der Waals surface area contributed by atoms with E-state index in [2.05, 4.69) is 5.32 Å². The lowest BCUT2D eigenvalue weighted by atomic mass is 10.0. The monoisotopic (exact) mass is 329 g/mol. The van der Waals surface area contributed by atoms with Crippen molar-refractivity contribution in [2.24, 2.45) is 7.05 Å². The molecule has 2 amide bonds. The molecule has 1 atom stereocenters. The van der Waals surface area contributed by atoms with Crippen LogP contribution in [0.4, 0.5) is 0 Å². The average molecular weight is 329 g/mol. The molecule has 0 bridgehead atoms. The highest BCUT2D eigenvalue weighted by molar-refractivity contribution is 6.00. The van der Waals surface area contributed by atoms with Crippen molar-refractivity contribution in [1.82, 2.24) is 14.5 Å². The van der Waals surface area contributed by atoms with Crippen LogP contribution in [0.1, 0.15) is 37.8 Å². The van der Waals surface area contributed by atoms with E-state index in [9.17, 15) is 19.2 Å². The number of benzene rings is 1. The van der Waals surface area contributed by atoms with E-state index < -0.39 is 11.9 Å². The first-order valence-corrected chi connectivity index (χ1v) is 7.98. The lowest BCUT2D eigenvalue weighted by molar-refractivity contribution is -0.135. The van der Waals surface area contributed by atoms with Gasteiger partial charge in [-0.25, -0.2) is 4.79 Å². The van der Waals surface area contributed by atoms with Crippen LogP contribution < -0.4 is 11.0 Å². The maximum atomic E-state index is 12.7. The van der Waals surface area contributed by atoms with Crippen molar-refractivity contribution in [3.63, 3.8) is 0 Å². The number of piperidine rings is 1. The third-order valence-corrected chi connectivity index (χ3v) is 4.49. The minimum absolute atomic E-state index is 0.0868. The summed E-state index contributed by atoms with van der Waals surface area (Å²) in [5.41, 5.74) is 1.72. The summed E-state index contributed by atoms with van der Waals surface area (Å²) in [6, 6.07) is 4.66. The molecule has 1 aliphatic heterocycles. The van der Waals surface area contributed by atoms with Crippen molar-refractivity contribution >= 4 is 28.6 Å². The van der Waals surface area contributed by atoms with Gasteiger partial charge in [0.25, 0.3) is 0 Å². The second-order valence-electron chi connectivity index (χ2n) is 6.03. The van der Waals surface area contributed by atoms with Gasteiger partial charge in [-0.2, -0.15) is 0 Å². The fourth-order valence-corrected chi connectivity index (χ4v) is 3.23. The van der Waals surface area contributed by atoms with Crippen molar-refractivity contribution in [1.29, 1.82) is 0 Å². The van der Waals surface area contributed by atoms with Gasteiger partial charge in [0.1, 0.15) is 11.8 Å². The number of fused-ring (bicyclic) bond motifs is 1. The Morgan fingerprint density at radius 2 is 2.04 bits per heavy atom. The van der Waals surface area contributed by atoms with Crippen LogP contribution in [0.25, 0.3) is 11.0 Å². The molecule has 0 aliphatic carbocycles. The molecule has 1 unspecified atom stereocenters. The van der Waals surface area contributed by atoms with Gasteiger partial charge < -0.3 is 0 Å². The molecule has 1 fully saturated rings. The Kier molecular flexibility index (Phi) is 4.09. The van der Waals surface area contributed by atoms with Gasteiger partial charge in [-0.05, 0) is 18.1 Å². The standard InChI is InChI=1S/C17H19N3O4/c1-3-11(21)9-10-5-4-6-12-15(10)19(2)17(24)20(12)13-7-8-14(22)18-16(13)23/h4-6,13H,3,7-9H2,1-2H3,(H,18,22,23). The minimum Gasteiger partial charge on any atom is -0.299 e. The molecule has 0 radical (unpaired) electrons. The van der Waals surface area contributed by atoms with E-state index in [1.54, 1.807) is 26.1 Å². The van der Waals surface area contributed by atoms with Gasteiger partial charge in [0.2, 0.25) is 11.8 Å². The van der Waals surface area contributed by atoms with Crippen LogP contribution in [0.3, 0.4) is 0 Å². The Morgan fingerprint density at radius 3 is 2.71 bits per heavy atom. The SMILES string of the molecule is CCC(=O)Cc1cccc2c1n(C)c(=O)n2C1CCC(=O)NC1=O. The van der Waals surface area contributed by atoms with Crippen LogP contribution in [0, 0.1) is 0 Å². The fraction of sp³-hybridized carbons (Fsp3) is 0.412. The normalized spacial score (nSPS) is 18.0. The van der Waals surface area contributed by atoms with Crippen LogP contribution in [0.5, 0.6) is 0 Å². The number of nitrogens with zero attached hydrogens (tertiary/aromatic N) is 2. The second-order valence-corrected chi connectivity index (χ2v) is 6.03. The number of nitrogens with one attached hydrogen (secondary N) is 1. The van der Waals surface area contributed by atoms with Crippen molar-refractivity contribution in [2.75, 3.05) is 0 Å². The summed E-state index contributed by atoms with van der Waals surface area (Å²) in [5, 5.41) is 2.28. The van der Waals surface area contributed by atoms with Crippen LogP contribution in [-0.4, -0.2) is 26.7 Å². The first kappa shape index (κ1) is 16.2. The summed E-state index contributed by atoms with van der Waals surface area (Å²) >= 11 is 0. The molecule has 2 aromatic rings. The summed E-state index contributed by atoms with van der Waals surface area (Å²) in [7, 11) is 1.63. The van der Waals surface area contributed by atoms with Gasteiger partial charge in [-0.1, -0.05) is 19.1 Å². The first-order chi connectivity index (χ1) is 11.4. The van der Waals surface area contributed by atoms with Crippen molar-refractivity contribution in [2.45, 2.75) is 38.6 Å². The Balaban J connectivity index is 2.17. The van der Waals surface area contributed by atoms with Crippen LogP contribution in [0.15, 0.2) is 23.0 Å². The van der Waals surface area contributed by atoms with E-state index in [0.29, 0.717) is 23.9 Å². The summed E-state index contributed by atoms with van der Waals surface area (Å²) in [4.78, 5) is 48.0. The molecule has 1 saturated heterocycles. The van der Waals surface area contributed by atoms with E-state index in [0.717, 1.165) is 5.56 Å². The number of carbonyl (C=O) groups is 3. The number of imidazole rings is 1. The van der Waals surface area contributed by atoms with Gasteiger partial charge in [0.15, 0.2) is 0 Å². The summed E-state index contributed by atoms with van der Waals surface area (Å²) in [6.45, 7) is 1.80. The highest BCUT2D eigenvalue weighted by Crippen LogP contribution is 2.25. The molecule has 1 aromatic carbocycles. The van der Waals surface area contributed by atoms with Gasteiger partial charge in [-0.15, -0.1) is 0 Å². The first-order valence-electron chi connectivity index (χ1n) is 7.98. The maximum absolute atomic E-state index is 12.7. The number of amides is 2. The van der Waals surface area contributed by atoms with Gasteiger partial charge >= 0.3 is 5.69 Å². The van der Waals surface area contributed by atoms with Crippen LogP contribution in [-0.2, 0) is 27.9 Å². The number of ketones is 1. The zero-order valence-electron chi connectivity index (χ0n) is 13.7. The number of aryl methyl sites for hydroxylation is 1. The smallest absolute Gasteiger partial charge is 0.299 e. The quantitative estimate of drug-likeness (QED) is 0.842. The average Bonchev–Trinajstić information content (AvgIpc) is 2.80. The van der Waals surface area contributed by atoms with Crippen LogP contribution in [0.2, 0.25) is 0 Å². The van der Waals surface area contributed by atoms with E-state index in [4.69, 9.17) is 0 Å². The van der Waals surface area contributed by atoms with Crippen molar-refractivity contribution in [3.05, 3.63) is 34.2 Å². The number of imide groups is 1. The van der Waals surface area contributed by atoms with E-state index >= 15 is 0 Å². The Hall–Kier alpha value is -2.70. The highest BCUT2D eigenvalue weighted by Gasteiger charge is 2.31. The molecule has 7 nitrogen and oxygen atoms in total. The molecule has 1 N–H and O–H groups in total. The number of rotatable bonds is 4. The minimum atomic E-state index is -0.712. The zero-order valence-corrected chi connectivity index (χ0v) is 13.7. The fourth-order valence-electron chi connectivity index (χ4n) is 3.23. The summed E-state index contributed by atoms with van der Waals surface area (Å²) in [5.74, 6) is -0.696. The highest BCUT2D eigenvalue weighted by atomic mass is 16.2. The van der Waals surface area contributed by atoms with Crippen LogP contribution >= 0.6 is 0 Å². The molecule has 1 aromatic heterocycles. The van der Waals surface area contributed by atoms with Crippen molar-refractivity contribution in [3.8, 4) is 0 Å². The lowest BCUT2D eigenvalue weighted by Crippen LogP contribution is -2.44. The van der Waals surface area contributed by atoms with E-state index in [1.807, 2.05) is 6.07 Å². The number of Topliss-reactive ketones (excluding diaryl/α,β-unsaturated/α-hetero) is 1. The lowest BCUT2D eigenvalue weighted by Gasteiger charge is -2.21. The van der Waals surface area contributed by atoms with Crippen molar-refractivity contribution < 1.29 is 14.4 Å². The molecular weight excluding hydrogens is 310 g/mol.